The van der Waals surface area contributed by atoms with Crippen LogP contribution >= 0.6 is 0 Å². The van der Waals surface area contributed by atoms with E-state index in [9.17, 15) is 0 Å². The number of allylic oxidation sites excluding steroid dienone is 1. The van der Waals surface area contributed by atoms with E-state index in [0.717, 1.165) is 0 Å². The summed E-state index contributed by atoms with van der Waals surface area (Å²) >= 11 is 0. The minimum Gasteiger partial charge on any atom is -0.362 e. The van der Waals surface area contributed by atoms with E-state index in [1.54, 1.807) is 0 Å². The highest BCUT2D eigenvalue weighted by atomic mass is 14.7. The molecule has 1 rings (SSSR count). The van der Waals surface area contributed by atoms with Crippen LogP contribution in [0.5, 0.6) is 0 Å². The number of aromatic amines is 1. The van der Waals surface area contributed by atoms with E-state index >= 15 is 0 Å². The molecule has 1 aromatic heterocycles. The lowest BCUT2D eigenvalue weighted by atomic mass is 10.0. The third kappa shape index (κ3) is 20.7. The van der Waals surface area contributed by atoms with Crippen LogP contribution in [-0.2, 0) is 0 Å². The fourth-order valence-corrected chi connectivity index (χ4v) is 4.53. The number of aromatic nitrogens is 1. The van der Waals surface area contributed by atoms with Gasteiger partial charge in [0.15, 0.2) is 0 Å². The zero-order valence-electron chi connectivity index (χ0n) is 21.2. The van der Waals surface area contributed by atoms with Gasteiger partial charge in [-0.25, -0.2) is 0 Å². The van der Waals surface area contributed by atoms with E-state index in [1.807, 2.05) is 6.20 Å². The van der Waals surface area contributed by atoms with Crippen molar-refractivity contribution in [1.82, 2.24) is 4.98 Å². The van der Waals surface area contributed by atoms with Crippen molar-refractivity contribution in [2.75, 3.05) is 0 Å². The van der Waals surface area contributed by atoms with Gasteiger partial charge in [0.05, 0.1) is 0 Å². The molecule has 1 heterocycles. The molecule has 1 aromatic rings. The first-order valence-corrected chi connectivity index (χ1v) is 14.2. The first-order chi connectivity index (χ1) is 15.4. The molecule has 0 spiro atoms. The molecule has 0 aliphatic heterocycles. The molecular weight excluding hydrogens is 374 g/mol. The Labute approximate surface area is 195 Å². The lowest BCUT2D eigenvalue weighted by molar-refractivity contribution is 0.519. The van der Waals surface area contributed by atoms with Gasteiger partial charge in [-0.15, -0.1) is 0 Å². The Morgan fingerprint density at radius 3 is 1.29 bits per heavy atom. The minimum atomic E-state index is 1.22. The van der Waals surface area contributed by atoms with Crippen molar-refractivity contribution in [3.8, 4) is 0 Å². The van der Waals surface area contributed by atoms with Crippen LogP contribution in [0.3, 0.4) is 0 Å². The molecule has 0 fully saturated rings. The van der Waals surface area contributed by atoms with Crippen LogP contribution in [0.1, 0.15) is 160 Å². The van der Waals surface area contributed by atoms with Crippen molar-refractivity contribution in [2.24, 2.45) is 0 Å². The SMILES string of the molecule is CCCCCCCCCCCCCCCCCCCCCCCCC=Cc1ccc[nH]1. The van der Waals surface area contributed by atoms with Gasteiger partial charge in [-0.3, -0.25) is 0 Å². The van der Waals surface area contributed by atoms with Crippen LogP contribution in [0, 0.1) is 0 Å². The highest BCUT2D eigenvalue weighted by molar-refractivity contribution is 5.43. The fourth-order valence-electron chi connectivity index (χ4n) is 4.53. The number of nitrogens with one attached hydrogen (secondary N) is 1. The molecule has 1 nitrogen and oxygen atoms in total. The van der Waals surface area contributed by atoms with Crippen molar-refractivity contribution >= 4 is 6.08 Å². The second kappa shape index (κ2) is 23.7. The summed E-state index contributed by atoms with van der Waals surface area (Å²) < 4.78 is 0. The van der Waals surface area contributed by atoms with Crippen molar-refractivity contribution in [3.63, 3.8) is 0 Å². The summed E-state index contributed by atoms with van der Waals surface area (Å²) in [5.41, 5.74) is 1.22. The Morgan fingerprint density at radius 1 is 0.548 bits per heavy atom. The van der Waals surface area contributed by atoms with E-state index in [0.29, 0.717) is 0 Å². The molecule has 0 saturated carbocycles. The van der Waals surface area contributed by atoms with Gasteiger partial charge < -0.3 is 4.98 Å². The van der Waals surface area contributed by atoms with Gasteiger partial charge in [0, 0.05) is 11.9 Å². The van der Waals surface area contributed by atoms with E-state index in [1.165, 1.54) is 153 Å². The Morgan fingerprint density at radius 2 is 0.935 bits per heavy atom. The van der Waals surface area contributed by atoms with Crippen LogP contribution in [0.25, 0.3) is 6.08 Å². The second-order valence-corrected chi connectivity index (χ2v) is 9.74. The number of unbranched alkanes of at least 4 members (excludes halogenated alkanes) is 22. The molecule has 0 aliphatic carbocycles. The third-order valence-corrected chi connectivity index (χ3v) is 6.64. The van der Waals surface area contributed by atoms with Crippen LogP contribution < -0.4 is 0 Å². The average molecular weight is 430 g/mol. The maximum atomic E-state index is 3.22. The Kier molecular flexibility index (Phi) is 21.4. The average Bonchev–Trinajstić information content (AvgIpc) is 3.30. The molecule has 0 amide bonds. The summed E-state index contributed by atoms with van der Waals surface area (Å²) in [6.45, 7) is 2.30. The lowest BCUT2D eigenvalue weighted by Gasteiger charge is -2.04. The Hall–Kier alpha value is -0.980. The van der Waals surface area contributed by atoms with Gasteiger partial charge in [-0.2, -0.15) is 0 Å². The molecule has 31 heavy (non-hydrogen) atoms. The predicted octanol–water partition coefficient (Wildman–Crippen LogP) is 11.0. The Balaban J connectivity index is 1.65. The molecule has 1 N–H and O–H groups in total. The van der Waals surface area contributed by atoms with Gasteiger partial charge in [0.1, 0.15) is 0 Å². The standard InChI is InChI=1S/C30H55N/c1-2-3-4-5-6-7-8-9-10-11-12-13-14-15-16-17-18-19-20-21-22-23-24-25-27-30-28-26-29-31-30/h25-29,31H,2-24H2,1H3. The van der Waals surface area contributed by atoms with E-state index < -0.39 is 0 Å². The molecule has 1 heteroatoms. The molecule has 0 atom stereocenters. The first kappa shape index (κ1) is 28.1. The van der Waals surface area contributed by atoms with Crippen molar-refractivity contribution in [1.29, 1.82) is 0 Å². The first-order valence-electron chi connectivity index (χ1n) is 14.2. The Bertz CT molecular complexity index is 459. The van der Waals surface area contributed by atoms with Crippen LogP contribution in [0.2, 0.25) is 0 Å². The van der Waals surface area contributed by atoms with E-state index in [2.05, 4.69) is 36.2 Å². The van der Waals surface area contributed by atoms with Crippen LogP contribution in [0.4, 0.5) is 0 Å². The molecule has 0 unspecified atom stereocenters. The summed E-state index contributed by atoms with van der Waals surface area (Å²) in [5, 5.41) is 0. The van der Waals surface area contributed by atoms with Gasteiger partial charge in [-0.1, -0.05) is 148 Å². The second-order valence-electron chi connectivity index (χ2n) is 9.74. The summed E-state index contributed by atoms with van der Waals surface area (Å²) in [5.74, 6) is 0. The third-order valence-electron chi connectivity index (χ3n) is 6.64. The molecule has 0 aromatic carbocycles. The number of H-pyrrole nitrogens is 1. The number of hydrogen-bond acceptors (Lipinski definition) is 0. The quantitative estimate of drug-likeness (QED) is 0.157. The lowest BCUT2D eigenvalue weighted by Crippen LogP contribution is -1.84. The van der Waals surface area contributed by atoms with Crippen LogP contribution in [0.15, 0.2) is 24.4 Å². The topological polar surface area (TPSA) is 15.8 Å². The summed E-state index contributed by atoms with van der Waals surface area (Å²) in [7, 11) is 0. The molecule has 0 radical (unpaired) electrons. The summed E-state index contributed by atoms with van der Waals surface area (Å²) in [4.78, 5) is 3.22. The van der Waals surface area contributed by atoms with E-state index in [-0.39, 0.29) is 0 Å². The van der Waals surface area contributed by atoms with Gasteiger partial charge in [-0.05, 0) is 31.1 Å². The van der Waals surface area contributed by atoms with Gasteiger partial charge in [0.2, 0.25) is 0 Å². The van der Waals surface area contributed by atoms with Crippen molar-refractivity contribution < 1.29 is 0 Å². The zero-order valence-corrected chi connectivity index (χ0v) is 21.2. The van der Waals surface area contributed by atoms with Crippen molar-refractivity contribution in [3.05, 3.63) is 30.1 Å². The largest absolute Gasteiger partial charge is 0.362 e. The predicted molar refractivity (Wildman–Crippen MR) is 142 cm³/mol. The highest BCUT2D eigenvalue weighted by Gasteiger charge is 1.95. The normalized spacial score (nSPS) is 11.6. The minimum absolute atomic E-state index is 1.22. The monoisotopic (exact) mass is 429 g/mol. The van der Waals surface area contributed by atoms with Crippen LogP contribution in [-0.4, -0.2) is 4.98 Å². The van der Waals surface area contributed by atoms with Crippen molar-refractivity contribution in [2.45, 2.75) is 155 Å². The molecule has 0 saturated heterocycles. The van der Waals surface area contributed by atoms with Gasteiger partial charge >= 0.3 is 0 Å². The molecule has 0 aliphatic rings. The molecule has 180 valence electrons. The maximum absolute atomic E-state index is 3.22. The maximum Gasteiger partial charge on any atom is 0.0377 e. The smallest absolute Gasteiger partial charge is 0.0377 e. The molecular formula is C30H55N. The zero-order chi connectivity index (χ0) is 22.1. The number of hydrogen-bond donors (Lipinski definition) is 1. The summed E-state index contributed by atoms with van der Waals surface area (Å²) in [6.07, 6.45) is 39.8. The molecule has 0 bridgehead atoms. The van der Waals surface area contributed by atoms with E-state index in [4.69, 9.17) is 0 Å². The van der Waals surface area contributed by atoms with Gasteiger partial charge in [0.25, 0.3) is 0 Å². The number of rotatable bonds is 24. The fraction of sp³-hybridized carbons (Fsp3) is 0.800. The highest BCUT2D eigenvalue weighted by Crippen LogP contribution is 2.15. The summed E-state index contributed by atoms with van der Waals surface area (Å²) in [6, 6.07) is 4.17.